The summed E-state index contributed by atoms with van der Waals surface area (Å²) in [6.07, 6.45) is -30.7. The Labute approximate surface area is 833 Å². The first-order valence-electron chi connectivity index (χ1n) is 49.7. The van der Waals surface area contributed by atoms with E-state index in [1.165, 1.54) is 13.8 Å². The molecule has 1 amide bonds. The maximum atomic E-state index is 15.0. The number of ether oxygens (including phenoxy) is 24. The van der Waals surface area contributed by atoms with Gasteiger partial charge in [-0.1, -0.05) is 310 Å². The molecule has 0 aromatic heterocycles. The fraction of sp³-hybridized carbons (Fsp3) is 0.461. The summed E-state index contributed by atoms with van der Waals surface area (Å²) in [5, 5.41) is 3.26. The Morgan fingerprint density at radius 2 is 0.577 bits per heavy atom. The molecule has 27 heteroatoms. The van der Waals surface area contributed by atoms with Crippen LogP contribution in [-0.2, 0) is 189 Å². The minimum absolute atomic E-state index is 0.0218. The number of carbonyl (C=O) groups is 2. The van der Waals surface area contributed by atoms with E-state index in [0.29, 0.717) is 0 Å². The average Bonchev–Trinajstić information content (AvgIpc) is 0.749. The van der Waals surface area contributed by atoms with Crippen molar-refractivity contribution in [2.75, 3.05) is 13.2 Å². The predicted molar refractivity (Wildman–Crippen MR) is 523 cm³/mol. The van der Waals surface area contributed by atoms with Crippen molar-refractivity contribution >= 4 is 11.9 Å². The molecule has 7 aliphatic heterocycles. The fourth-order valence-corrected chi connectivity index (χ4v) is 19.7. The van der Waals surface area contributed by atoms with Crippen LogP contribution in [0, 0.1) is 5.92 Å². The van der Waals surface area contributed by atoms with Crippen LogP contribution in [0.2, 0.25) is 0 Å². The molecule has 7 aliphatic rings. The Hall–Kier alpha value is -9.78. The minimum atomic E-state index is -1.66. The number of esters is 1. The summed E-state index contributed by atoms with van der Waals surface area (Å²) >= 11 is 0. The van der Waals surface area contributed by atoms with Crippen LogP contribution < -0.4 is 5.32 Å². The van der Waals surface area contributed by atoms with Gasteiger partial charge in [-0.2, -0.15) is 0 Å². The predicted octanol–water partition coefficient (Wildman–Crippen LogP) is 17.1. The molecule has 7 fully saturated rings. The van der Waals surface area contributed by atoms with Crippen LogP contribution in [0.3, 0.4) is 0 Å². The summed E-state index contributed by atoms with van der Waals surface area (Å²) in [6.45, 7) is 19.1. The third-order valence-corrected chi connectivity index (χ3v) is 26.9. The first kappa shape index (κ1) is 104. The fourth-order valence-electron chi connectivity index (χ4n) is 19.7. The second-order valence-corrected chi connectivity index (χ2v) is 38.1. The van der Waals surface area contributed by atoms with E-state index in [0.717, 1.165) is 55.6 Å². The first-order valence-corrected chi connectivity index (χ1v) is 49.7. The van der Waals surface area contributed by atoms with Crippen molar-refractivity contribution in [3.63, 3.8) is 0 Å². The number of hydrogen-bond donors (Lipinski definition) is 1. The minimum Gasteiger partial charge on any atom is -0.454 e. The Balaban J connectivity index is 0.796. The van der Waals surface area contributed by atoms with Crippen LogP contribution in [-0.4, -0.2) is 209 Å². The first-order chi connectivity index (χ1) is 69.2. The molecule has 10 aromatic carbocycles. The number of carbonyl (C=O) groups excluding carboxylic acids is 2. The van der Waals surface area contributed by atoms with Gasteiger partial charge in [0.2, 0.25) is 5.91 Å². The third kappa shape index (κ3) is 27.7. The van der Waals surface area contributed by atoms with Crippen LogP contribution in [0.25, 0.3) is 0 Å². The summed E-state index contributed by atoms with van der Waals surface area (Å²) in [5.74, 6) is -3.15. The molecule has 756 valence electrons. The monoisotopic (exact) mass is 1950 g/mol. The molecule has 0 spiro atoms. The second kappa shape index (κ2) is 50.8. The molecule has 7 saturated heterocycles. The molecule has 7 heterocycles. The molecule has 0 radical (unpaired) electrons. The van der Waals surface area contributed by atoms with E-state index in [1.54, 1.807) is 13.8 Å². The van der Waals surface area contributed by atoms with E-state index in [4.69, 9.17) is 114 Å². The van der Waals surface area contributed by atoms with Crippen LogP contribution in [0.15, 0.2) is 303 Å². The zero-order chi connectivity index (χ0) is 98.3. The van der Waals surface area contributed by atoms with Crippen molar-refractivity contribution in [2.24, 2.45) is 5.92 Å². The maximum Gasteiger partial charge on any atom is 0.303 e. The molecule has 17 rings (SSSR count). The molecule has 0 aliphatic carbocycles. The van der Waals surface area contributed by atoms with Crippen LogP contribution in [0.4, 0.5) is 0 Å². The number of benzene rings is 10. The zero-order valence-corrected chi connectivity index (χ0v) is 82.3. The van der Waals surface area contributed by atoms with Gasteiger partial charge in [0.05, 0.1) is 116 Å². The van der Waals surface area contributed by atoms with Crippen molar-refractivity contribution in [1.29, 1.82) is 0 Å². The highest BCUT2D eigenvalue weighted by atomic mass is 16.8. The Morgan fingerprint density at radius 1 is 0.289 bits per heavy atom. The second-order valence-electron chi connectivity index (χ2n) is 38.1. The highest BCUT2D eigenvalue weighted by Gasteiger charge is 2.62. The van der Waals surface area contributed by atoms with Gasteiger partial charge in [0.1, 0.15) is 104 Å². The van der Waals surface area contributed by atoms with E-state index in [-0.39, 0.29) is 79.3 Å². The summed E-state index contributed by atoms with van der Waals surface area (Å²) < 4.78 is 176. The lowest BCUT2D eigenvalue weighted by Crippen LogP contribution is -2.72. The highest BCUT2D eigenvalue weighted by molar-refractivity contribution is 5.73. The van der Waals surface area contributed by atoms with Crippen molar-refractivity contribution in [3.8, 4) is 0 Å². The number of rotatable bonds is 43. The van der Waals surface area contributed by atoms with Crippen molar-refractivity contribution in [2.45, 2.75) is 319 Å². The van der Waals surface area contributed by atoms with E-state index in [2.05, 4.69) is 5.32 Å². The summed E-state index contributed by atoms with van der Waals surface area (Å²) in [6, 6.07) is 97.2. The summed E-state index contributed by atoms with van der Waals surface area (Å²) in [4.78, 5) is 29.5. The molecule has 142 heavy (non-hydrogen) atoms. The van der Waals surface area contributed by atoms with Gasteiger partial charge in [-0.05, 0) is 104 Å². The smallest absolute Gasteiger partial charge is 0.303 e. The van der Waals surface area contributed by atoms with E-state index in [1.807, 2.05) is 345 Å². The van der Waals surface area contributed by atoms with Crippen LogP contribution in [0.1, 0.15) is 125 Å². The molecule has 1 N–H and O–H groups in total. The van der Waals surface area contributed by atoms with Gasteiger partial charge in [0.15, 0.2) is 43.3 Å². The number of fused-ring (bicyclic) bond motifs is 1. The number of amides is 1. The average molecular weight is 1950 g/mol. The van der Waals surface area contributed by atoms with Crippen molar-refractivity contribution < 1.29 is 123 Å². The van der Waals surface area contributed by atoms with Crippen LogP contribution >= 0.6 is 0 Å². The number of hydrogen-bond acceptors (Lipinski definition) is 26. The normalized spacial score (nSPS) is 31.9. The molecule has 0 saturated carbocycles. The summed E-state index contributed by atoms with van der Waals surface area (Å²) in [5.41, 5.74) is 8.93. The van der Waals surface area contributed by atoms with Crippen molar-refractivity contribution in [3.05, 3.63) is 359 Å². The van der Waals surface area contributed by atoms with E-state index < -0.39 is 201 Å². The molecule has 0 bridgehead atoms. The van der Waals surface area contributed by atoms with Crippen LogP contribution in [0.5, 0.6) is 0 Å². The molecule has 30 atom stereocenters. The van der Waals surface area contributed by atoms with Gasteiger partial charge in [-0.15, -0.1) is 0 Å². The third-order valence-electron chi connectivity index (χ3n) is 26.9. The van der Waals surface area contributed by atoms with Gasteiger partial charge in [0.25, 0.3) is 0 Å². The van der Waals surface area contributed by atoms with Crippen molar-refractivity contribution in [1.82, 2.24) is 5.32 Å². The molecular formula is C115H135NO26. The lowest BCUT2D eigenvalue weighted by atomic mass is 9.91. The van der Waals surface area contributed by atoms with Gasteiger partial charge < -0.3 is 119 Å². The van der Waals surface area contributed by atoms with Gasteiger partial charge in [-0.3, -0.25) is 9.59 Å². The maximum absolute atomic E-state index is 15.0. The SMILES string of the molecule is CC(=O)NC1[C@H](OC2[C@H](OC3[C@H](C)OC(C)[C@H](OCc4ccccc4)[C@H]3OCc3ccccc3)OC(C)[C@H](OCc3ccccc3)[C@H]2O[C@H]2O[C@H](COCc3ccccc3)[C@@H](OCc3ccccc3)C(OCc3ccccc3)C2OCc2ccccc2)OC2COC(C)(C)O[C@@H]2[C@@H]1O[C@@H]1OC(C)[C@H](OCc2ccccc2)[C@@H](O[C@@H]2OC(C)[C@H](OCc3ccccc3)[C@@H](OCc3ccccc3)C2C)C1OC(C)=O. The molecular weight excluding hydrogens is 1810 g/mol. The van der Waals surface area contributed by atoms with Gasteiger partial charge in [-0.25, -0.2) is 0 Å². The van der Waals surface area contributed by atoms with Gasteiger partial charge in [0, 0.05) is 19.8 Å². The zero-order valence-electron chi connectivity index (χ0n) is 82.3. The summed E-state index contributed by atoms with van der Waals surface area (Å²) in [7, 11) is 0. The Kier molecular flexibility index (Phi) is 37.1. The largest absolute Gasteiger partial charge is 0.454 e. The lowest BCUT2D eigenvalue weighted by Gasteiger charge is -2.55. The topological polar surface area (TPSA) is 268 Å². The van der Waals surface area contributed by atoms with E-state index >= 15 is 4.79 Å². The molecule has 12 unspecified atom stereocenters. The Morgan fingerprint density at radius 3 is 0.979 bits per heavy atom. The molecule has 27 nitrogen and oxygen atoms in total. The lowest BCUT2D eigenvalue weighted by molar-refractivity contribution is -0.421. The van der Waals surface area contributed by atoms with E-state index in [9.17, 15) is 4.79 Å². The van der Waals surface area contributed by atoms with Gasteiger partial charge >= 0.3 is 5.97 Å². The molecule has 10 aromatic rings. The standard InChI is InChI=1S/C115H135NO26/c1-73-94(120-62-82-43-23-12-24-44-82)95(121-63-83-45-25-13-26-46-83)75(3)131-110(73)139-105-97(123-65-85-49-29-15-30-50-85)76(4)132-113(108(105)134-80(8)118)138-102-93(116-79(7)117)111(135-92-72-129-115(9,10)142-101(92)102)141-109-106(98(124-66-86-51-31-16-32-52-86)77(5)133-114(109)137-99-78(6)130-74(2)96(122-64-84-47-27-14-28-48-84)103(99)126-68-88-55-35-18-36-56-88)140-112-107(128-70-90-59-39-20-40-60-90)104(127-69-89-57-37-19-38-58-89)100(125-67-87-53-33-17-34-54-87)91(136-112)71-119-61-81-41-21-11-22-42-81/h11-60,73-78,91-114H,61-72H2,1-10H3,(H,116,117)/t73?,74?,75?,76?,77?,78-,91+,92?,93?,94-,95-,96-,97-,98-,99?,100+,101-,102+,103+,104?,105+,106+,107?,108?,109?,110-,111-,112+,113-,114-/m0/s1. The Bertz CT molecular complexity index is 5380. The number of nitrogens with one attached hydrogen (secondary N) is 1. The quantitative estimate of drug-likeness (QED) is 0.0348. The highest BCUT2D eigenvalue weighted by Crippen LogP contribution is 2.45.